The van der Waals surface area contributed by atoms with Crippen molar-refractivity contribution in [2.24, 2.45) is 11.1 Å². The summed E-state index contributed by atoms with van der Waals surface area (Å²) in [5, 5.41) is 0. The van der Waals surface area contributed by atoms with Gasteiger partial charge in [-0.05, 0) is 31.4 Å². The third-order valence-electron chi connectivity index (χ3n) is 4.14. The maximum atomic E-state index is 12.8. The van der Waals surface area contributed by atoms with Crippen molar-refractivity contribution in [3.05, 3.63) is 23.3 Å². The van der Waals surface area contributed by atoms with Crippen LogP contribution in [0.25, 0.3) is 0 Å². The Labute approximate surface area is 113 Å². The van der Waals surface area contributed by atoms with Crippen LogP contribution in [0.5, 0.6) is 11.5 Å². The summed E-state index contributed by atoms with van der Waals surface area (Å²) in [6.45, 7) is 2.31. The van der Waals surface area contributed by atoms with Gasteiger partial charge in [-0.25, -0.2) is 0 Å². The number of benzene rings is 1. The number of methoxy groups -OCH3 is 2. The normalized spacial score (nSPS) is 16.6. The van der Waals surface area contributed by atoms with E-state index in [2.05, 4.69) is 0 Å². The Morgan fingerprint density at radius 3 is 2.42 bits per heavy atom. The molecule has 1 fully saturated rings. The zero-order chi connectivity index (χ0) is 14.0. The van der Waals surface area contributed by atoms with Crippen LogP contribution in [0.15, 0.2) is 12.1 Å². The Bertz CT molecular complexity index is 487. The standard InChI is InChI=1S/C15H21NO3/c1-10-7-11(18-2)8-12(19-3)13(10)14(17)15(9-16)5-4-6-15/h7-8H,4-6,9,16H2,1-3H3. The smallest absolute Gasteiger partial charge is 0.174 e. The van der Waals surface area contributed by atoms with Crippen LogP contribution in [0.3, 0.4) is 0 Å². The van der Waals surface area contributed by atoms with Crippen LogP contribution >= 0.6 is 0 Å². The summed E-state index contributed by atoms with van der Waals surface area (Å²) in [6, 6.07) is 3.61. The maximum absolute atomic E-state index is 12.8. The minimum Gasteiger partial charge on any atom is -0.497 e. The first-order chi connectivity index (χ1) is 9.07. The summed E-state index contributed by atoms with van der Waals surface area (Å²) in [5.41, 5.74) is 6.96. The molecule has 0 atom stereocenters. The number of carbonyl (C=O) groups is 1. The highest BCUT2D eigenvalue weighted by Gasteiger charge is 2.44. The van der Waals surface area contributed by atoms with E-state index in [0.29, 0.717) is 23.6 Å². The third kappa shape index (κ3) is 2.21. The van der Waals surface area contributed by atoms with Crippen molar-refractivity contribution in [1.82, 2.24) is 0 Å². The Morgan fingerprint density at radius 2 is 2.00 bits per heavy atom. The molecule has 2 N–H and O–H groups in total. The van der Waals surface area contributed by atoms with E-state index >= 15 is 0 Å². The molecular formula is C15H21NO3. The average molecular weight is 263 g/mol. The minimum absolute atomic E-state index is 0.109. The highest BCUT2D eigenvalue weighted by atomic mass is 16.5. The van der Waals surface area contributed by atoms with Crippen molar-refractivity contribution in [2.45, 2.75) is 26.2 Å². The minimum atomic E-state index is -0.382. The van der Waals surface area contributed by atoms with Gasteiger partial charge in [0.25, 0.3) is 0 Å². The third-order valence-corrected chi connectivity index (χ3v) is 4.14. The van der Waals surface area contributed by atoms with Gasteiger partial charge in [0.05, 0.1) is 19.8 Å². The molecule has 0 heterocycles. The largest absolute Gasteiger partial charge is 0.497 e. The van der Waals surface area contributed by atoms with Crippen LogP contribution in [0.4, 0.5) is 0 Å². The van der Waals surface area contributed by atoms with Gasteiger partial charge in [0.2, 0.25) is 0 Å². The molecule has 1 aliphatic rings. The summed E-state index contributed by atoms with van der Waals surface area (Å²) in [4.78, 5) is 12.8. The lowest BCUT2D eigenvalue weighted by molar-refractivity contribution is 0.0632. The van der Waals surface area contributed by atoms with E-state index < -0.39 is 0 Å². The molecule has 0 spiro atoms. The summed E-state index contributed by atoms with van der Waals surface area (Å²) in [6.07, 6.45) is 2.81. The molecule has 0 radical (unpaired) electrons. The van der Waals surface area contributed by atoms with Crippen LogP contribution < -0.4 is 15.2 Å². The lowest BCUT2D eigenvalue weighted by Crippen LogP contribution is -2.44. The number of rotatable bonds is 5. The molecule has 1 aromatic rings. The number of hydrogen-bond acceptors (Lipinski definition) is 4. The Morgan fingerprint density at radius 1 is 1.32 bits per heavy atom. The molecule has 1 aromatic carbocycles. The number of nitrogens with two attached hydrogens (primary N) is 1. The van der Waals surface area contributed by atoms with E-state index in [1.165, 1.54) is 0 Å². The molecule has 0 bridgehead atoms. The molecule has 4 nitrogen and oxygen atoms in total. The van der Waals surface area contributed by atoms with Gasteiger partial charge in [0.15, 0.2) is 5.78 Å². The number of aryl methyl sites for hydroxylation is 1. The van der Waals surface area contributed by atoms with Crippen molar-refractivity contribution in [2.75, 3.05) is 20.8 Å². The first-order valence-electron chi connectivity index (χ1n) is 6.55. The van der Waals surface area contributed by atoms with Crippen LogP contribution in [0.2, 0.25) is 0 Å². The molecule has 0 aromatic heterocycles. The van der Waals surface area contributed by atoms with Crippen LogP contribution in [-0.2, 0) is 0 Å². The second-order valence-corrected chi connectivity index (χ2v) is 5.19. The number of carbonyl (C=O) groups excluding carboxylic acids is 1. The van der Waals surface area contributed by atoms with Crippen LogP contribution in [0, 0.1) is 12.3 Å². The second kappa shape index (κ2) is 5.21. The molecule has 1 aliphatic carbocycles. The van der Waals surface area contributed by atoms with E-state index in [0.717, 1.165) is 24.8 Å². The molecule has 104 valence electrons. The molecule has 0 amide bonds. The summed E-state index contributed by atoms with van der Waals surface area (Å²) in [7, 11) is 3.17. The molecule has 1 saturated carbocycles. The van der Waals surface area contributed by atoms with E-state index in [4.69, 9.17) is 15.2 Å². The molecule has 2 rings (SSSR count). The zero-order valence-electron chi connectivity index (χ0n) is 11.8. The van der Waals surface area contributed by atoms with Crippen molar-refractivity contribution in [3.63, 3.8) is 0 Å². The predicted molar refractivity (Wildman–Crippen MR) is 74.0 cm³/mol. The molecule has 4 heteroatoms. The van der Waals surface area contributed by atoms with Gasteiger partial charge in [0.1, 0.15) is 11.5 Å². The van der Waals surface area contributed by atoms with Gasteiger partial charge in [-0.3, -0.25) is 4.79 Å². The molecule has 0 unspecified atom stereocenters. The highest BCUT2D eigenvalue weighted by molar-refractivity contribution is 6.04. The fraction of sp³-hybridized carbons (Fsp3) is 0.533. The topological polar surface area (TPSA) is 61.5 Å². The fourth-order valence-corrected chi connectivity index (χ4v) is 2.69. The van der Waals surface area contributed by atoms with Gasteiger partial charge in [-0.15, -0.1) is 0 Å². The van der Waals surface area contributed by atoms with E-state index in [9.17, 15) is 4.79 Å². The molecule has 0 aliphatic heterocycles. The molecule has 19 heavy (non-hydrogen) atoms. The number of ether oxygens (including phenoxy) is 2. The van der Waals surface area contributed by atoms with E-state index in [1.54, 1.807) is 20.3 Å². The van der Waals surface area contributed by atoms with Gasteiger partial charge < -0.3 is 15.2 Å². The van der Waals surface area contributed by atoms with Crippen molar-refractivity contribution in [3.8, 4) is 11.5 Å². The summed E-state index contributed by atoms with van der Waals surface area (Å²) in [5.74, 6) is 1.38. The summed E-state index contributed by atoms with van der Waals surface area (Å²) < 4.78 is 10.6. The van der Waals surface area contributed by atoms with Crippen LogP contribution in [-0.4, -0.2) is 26.5 Å². The maximum Gasteiger partial charge on any atom is 0.174 e. The quantitative estimate of drug-likeness (QED) is 0.828. The first kappa shape index (κ1) is 13.9. The Balaban J connectivity index is 2.46. The van der Waals surface area contributed by atoms with Crippen molar-refractivity contribution >= 4 is 5.78 Å². The van der Waals surface area contributed by atoms with E-state index in [1.807, 2.05) is 13.0 Å². The zero-order valence-corrected chi connectivity index (χ0v) is 11.8. The Hall–Kier alpha value is -1.55. The second-order valence-electron chi connectivity index (χ2n) is 5.19. The van der Waals surface area contributed by atoms with Crippen molar-refractivity contribution in [1.29, 1.82) is 0 Å². The van der Waals surface area contributed by atoms with Crippen molar-refractivity contribution < 1.29 is 14.3 Å². The van der Waals surface area contributed by atoms with Gasteiger partial charge in [-0.2, -0.15) is 0 Å². The predicted octanol–water partition coefficient (Wildman–Crippen LogP) is 2.32. The first-order valence-corrected chi connectivity index (χ1v) is 6.55. The van der Waals surface area contributed by atoms with Crippen LogP contribution in [0.1, 0.15) is 35.2 Å². The lowest BCUT2D eigenvalue weighted by atomic mass is 9.64. The monoisotopic (exact) mass is 263 g/mol. The fourth-order valence-electron chi connectivity index (χ4n) is 2.69. The number of hydrogen-bond donors (Lipinski definition) is 1. The van der Waals surface area contributed by atoms with Gasteiger partial charge in [-0.1, -0.05) is 6.42 Å². The van der Waals surface area contributed by atoms with E-state index in [-0.39, 0.29) is 11.2 Å². The van der Waals surface area contributed by atoms with Gasteiger partial charge in [0, 0.05) is 18.0 Å². The Kier molecular flexibility index (Phi) is 3.80. The molecular weight excluding hydrogens is 242 g/mol. The highest BCUT2D eigenvalue weighted by Crippen LogP contribution is 2.45. The van der Waals surface area contributed by atoms with Gasteiger partial charge >= 0.3 is 0 Å². The number of Topliss-reactive ketones (excluding diaryl/α,β-unsaturated/α-hetero) is 1. The number of ketones is 1. The summed E-state index contributed by atoms with van der Waals surface area (Å²) >= 11 is 0. The average Bonchev–Trinajstić information content (AvgIpc) is 2.36. The SMILES string of the molecule is COc1cc(C)c(C(=O)C2(CN)CCC2)c(OC)c1. The lowest BCUT2D eigenvalue weighted by Gasteiger charge is -2.39. The molecule has 0 saturated heterocycles.